The standard InChI is InChI=1S/C10H16O4/c1-4-5-6-7-14-10(12)8(2)9(11)13-3/h5-6,8H,4,7H2,1-3H3/b6-5-. The predicted octanol–water partition coefficient (Wildman–Crippen LogP) is 1.30. The molecular weight excluding hydrogens is 184 g/mol. The van der Waals surface area contributed by atoms with E-state index in [-0.39, 0.29) is 6.61 Å². The van der Waals surface area contributed by atoms with Crippen LogP contribution in [-0.2, 0) is 19.1 Å². The Morgan fingerprint density at radius 2 is 1.93 bits per heavy atom. The van der Waals surface area contributed by atoms with Gasteiger partial charge in [0.15, 0.2) is 5.92 Å². The molecule has 0 aliphatic rings. The molecule has 0 rings (SSSR count). The third kappa shape index (κ3) is 4.64. The van der Waals surface area contributed by atoms with E-state index >= 15 is 0 Å². The van der Waals surface area contributed by atoms with Crippen molar-refractivity contribution < 1.29 is 19.1 Å². The summed E-state index contributed by atoms with van der Waals surface area (Å²) in [5.74, 6) is -1.98. The Hall–Kier alpha value is -1.32. The van der Waals surface area contributed by atoms with Gasteiger partial charge >= 0.3 is 11.9 Å². The lowest BCUT2D eigenvalue weighted by molar-refractivity contribution is -0.158. The van der Waals surface area contributed by atoms with Crippen molar-refractivity contribution in [1.82, 2.24) is 0 Å². The summed E-state index contributed by atoms with van der Waals surface area (Å²) in [7, 11) is 1.24. The zero-order chi connectivity index (χ0) is 11.0. The predicted molar refractivity (Wildman–Crippen MR) is 51.6 cm³/mol. The number of allylic oxidation sites excluding steroid dienone is 1. The van der Waals surface area contributed by atoms with E-state index in [4.69, 9.17) is 4.74 Å². The molecule has 0 bridgehead atoms. The van der Waals surface area contributed by atoms with E-state index in [9.17, 15) is 9.59 Å². The van der Waals surface area contributed by atoms with E-state index in [2.05, 4.69) is 4.74 Å². The molecule has 1 unspecified atom stereocenters. The van der Waals surface area contributed by atoms with Gasteiger partial charge in [0.1, 0.15) is 6.61 Å². The maximum Gasteiger partial charge on any atom is 0.320 e. The molecule has 1 atom stereocenters. The van der Waals surface area contributed by atoms with Gasteiger partial charge in [0, 0.05) is 0 Å². The first-order valence-electron chi connectivity index (χ1n) is 4.53. The van der Waals surface area contributed by atoms with Crippen molar-refractivity contribution in [2.45, 2.75) is 20.3 Å². The normalized spacial score (nSPS) is 12.5. The van der Waals surface area contributed by atoms with Crippen molar-refractivity contribution in [3.8, 4) is 0 Å². The van der Waals surface area contributed by atoms with Gasteiger partial charge in [0.05, 0.1) is 7.11 Å². The monoisotopic (exact) mass is 200 g/mol. The van der Waals surface area contributed by atoms with Crippen LogP contribution in [0.15, 0.2) is 12.2 Å². The van der Waals surface area contributed by atoms with E-state index < -0.39 is 17.9 Å². The number of carbonyl (C=O) groups is 2. The van der Waals surface area contributed by atoms with E-state index in [1.165, 1.54) is 14.0 Å². The fourth-order valence-corrected chi connectivity index (χ4v) is 0.763. The lowest BCUT2D eigenvalue weighted by atomic mass is 10.2. The number of hydrogen-bond donors (Lipinski definition) is 0. The number of rotatable bonds is 5. The van der Waals surface area contributed by atoms with Crippen LogP contribution in [0.4, 0.5) is 0 Å². The Bertz CT molecular complexity index is 220. The molecule has 0 aliphatic carbocycles. The molecule has 0 fully saturated rings. The molecule has 0 aliphatic heterocycles. The second-order valence-corrected chi connectivity index (χ2v) is 2.75. The highest BCUT2D eigenvalue weighted by Gasteiger charge is 2.22. The van der Waals surface area contributed by atoms with Crippen LogP contribution in [0.25, 0.3) is 0 Å². The summed E-state index contributed by atoms with van der Waals surface area (Å²) >= 11 is 0. The molecule has 0 saturated heterocycles. The molecular formula is C10H16O4. The molecule has 14 heavy (non-hydrogen) atoms. The molecule has 0 spiro atoms. The highest BCUT2D eigenvalue weighted by atomic mass is 16.5. The van der Waals surface area contributed by atoms with Crippen LogP contribution in [0.2, 0.25) is 0 Å². The molecule has 0 heterocycles. The van der Waals surface area contributed by atoms with Crippen LogP contribution < -0.4 is 0 Å². The summed E-state index contributed by atoms with van der Waals surface area (Å²) in [6.07, 6.45) is 4.52. The number of ether oxygens (including phenoxy) is 2. The molecule has 0 aromatic rings. The first kappa shape index (κ1) is 12.7. The van der Waals surface area contributed by atoms with Gasteiger partial charge in [-0.2, -0.15) is 0 Å². The Labute approximate surface area is 83.9 Å². The molecule has 0 aromatic heterocycles. The quantitative estimate of drug-likeness (QED) is 0.381. The summed E-state index contributed by atoms with van der Waals surface area (Å²) in [5.41, 5.74) is 0. The average molecular weight is 200 g/mol. The maximum atomic E-state index is 11.1. The SMILES string of the molecule is CC/C=C\COC(=O)C(C)C(=O)OC. The topological polar surface area (TPSA) is 52.6 Å². The summed E-state index contributed by atoms with van der Waals surface area (Å²) < 4.78 is 9.21. The summed E-state index contributed by atoms with van der Waals surface area (Å²) in [6, 6.07) is 0. The fourth-order valence-electron chi connectivity index (χ4n) is 0.763. The van der Waals surface area contributed by atoms with E-state index in [1.54, 1.807) is 6.08 Å². The van der Waals surface area contributed by atoms with Crippen LogP contribution in [0.3, 0.4) is 0 Å². The molecule has 4 heteroatoms. The highest BCUT2D eigenvalue weighted by Crippen LogP contribution is 2.00. The summed E-state index contributed by atoms with van der Waals surface area (Å²) in [5, 5.41) is 0. The van der Waals surface area contributed by atoms with E-state index in [1.807, 2.05) is 13.0 Å². The lowest BCUT2D eigenvalue weighted by Gasteiger charge is -2.07. The van der Waals surface area contributed by atoms with Crippen molar-refractivity contribution >= 4 is 11.9 Å². The molecule has 0 saturated carbocycles. The third-order valence-electron chi connectivity index (χ3n) is 1.63. The first-order valence-corrected chi connectivity index (χ1v) is 4.53. The molecule has 0 aromatic carbocycles. The van der Waals surface area contributed by atoms with Gasteiger partial charge in [-0.3, -0.25) is 9.59 Å². The van der Waals surface area contributed by atoms with Crippen molar-refractivity contribution in [3.63, 3.8) is 0 Å². The van der Waals surface area contributed by atoms with Gasteiger partial charge in [-0.05, 0) is 13.3 Å². The molecule has 80 valence electrons. The van der Waals surface area contributed by atoms with Crippen LogP contribution in [-0.4, -0.2) is 25.7 Å². The Balaban J connectivity index is 3.84. The maximum absolute atomic E-state index is 11.1. The van der Waals surface area contributed by atoms with E-state index in [0.717, 1.165) is 6.42 Å². The zero-order valence-corrected chi connectivity index (χ0v) is 8.78. The molecule has 0 radical (unpaired) electrons. The number of carbonyl (C=O) groups excluding carboxylic acids is 2. The van der Waals surface area contributed by atoms with Crippen LogP contribution >= 0.6 is 0 Å². The van der Waals surface area contributed by atoms with Gasteiger partial charge in [0.2, 0.25) is 0 Å². The summed E-state index contributed by atoms with van der Waals surface area (Å²) in [6.45, 7) is 3.64. The minimum Gasteiger partial charge on any atom is -0.468 e. The lowest BCUT2D eigenvalue weighted by Crippen LogP contribution is -2.24. The Kier molecular flexibility index (Phi) is 6.45. The average Bonchev–Trinajstić information content (AvgIpc) is 2.21. The largest absolute Gasteiger partial charge is 0.468 e. The number of methoxy groups -OCH3 is 1. The Morgan fingerprint density at radius 3 is 2.43 bits per heavy atom. The summed E-state index contributed by atoms with van der Waals surface area (Å²) in [4.78, 5) is 22.1. The molecule has 0 N–H and O–H groups in total. The first-order chi connectivity index (χ1) is 6.63. The van der Waals surface area contributed by atoms with E-state index in [0.29, 0.717) is 0 Å². The highest BCUT2D eigenvalue weighted by molar-refractivity contribution is 5.94. The van der Waals surface area contributed by atoms with Crippen LogP contribution in [0.1, 0.15) is 20.3 Å². The van der Waals surface area contributed by atoms with Gasteiger partial charge in [-0.1, -0.05) is 19.1 Å². The second kappa shape index (κ2) is 7.12. The fraction of sp³-hybridized carbons (Fsp3) is 0.600. The van der Waals surface area contributed by atoms with Gasteiger partial charge in [-0.25, -0.2) is 0 Å². The molecule has 4 nitrogen and oxygen atoms in total. The van der Waals surface area contributed by atoms with Gasteiger partial charge in [-0.15, -0.1) is 0 Å². The minimum absolute atomic E-state index is 0.202. The third-order valence-corrected chi connectivity index (χ3v) is 1.63. The van der Waals surface area contributed by atoms with Crippen LogP contribution in [0, 0.1) is 5.92 Å². The smallest absolute Gasteiger partial charge is 0.320 e. The minimum atomic E-state index is -0.852. The van der Waals surface area contributed by atoms with Crippen molar-refractivity contribution in [1.29, 1.82) is 0 Å². The van der Waals surface area contributed by atoms with Gasteiger partial charge in [0.25, 0.3) is 0 Å². The van der Waals surface area contributed by atoms with Crippen molar-refractivity contribution in [3.05, 3.63) is 12.2 Å². The van der Waals surface area contributed by atoms with Crippen molar-refractivity contribution in [2.24, 2.45) is 5.92 Å². The van der Waals surface area contributed by atoms with Gasteiger partial charge < -0.3 is 9.47 Å². The number of hydrogen-bond acceptors (Lipinski definition) is 4. The molecule has 0 amide bonds. The second-order valence-electron chi connectivity index (χ2n) is 2.75. The number of esters is 2. The van der Waals surface area contributed by atoms with Crippen LogP contribution in [0.5, 0.6) is 0 Å². The Morgan fingerprint density at radius 1 is 1.29 bits per heavy atom. The van der Waals surface area contributed by atoms with Crippen molar-refractivity contribution in [2.75, 3.05) is 13.7 Å². The zero-order valence-electron chi connectivity index (χ0n) is 8.78.